The van der Waals surface area contributed by atoms with Crippen LogP contribution in [0.5, 0.6) is 0 Å². The molecular weight excluding hydrogens is 288 g/mol. The molecule has 21 heavy (non-hydrogen) atoms. The number of para-hydroxylation sites is 1. The van der Waals surface area contributed by atoms with Crippen molar-refractivity contribution in [1.29, 1.82) is 0 Å². The highest BCUT2D eigenvalue weighted by Gasteiger charge is 2.17. The summed E-state index contributed by atoms with van der Waals surface area (Å²) < 4.78 is 24.5. The van der Waals surface area contributed by atoms with Gasteiger partial charge in [0.1, 0.15) is 0 Å². The lowest BCUT2D eigenvalue weighted by atomic mass is 10.1. The number of carbonyl (C=O) groups excluding carboxylic acids is 1. The number of hydrogen-bond acceptors (Lipinski definition) is 3. The number of sulfonamides is 1. The molecule has 1 aromatic carbocycles. The Balaban J connectivity index is 2.66. The first kappa shape index (κ1) is 17.7. The Labute approximate surface area is 127 Å². The van der Waals surface area contributed by atoms with Crippen LogP contribution in [0, 0.1) is 13.8 Å². The van der Waals surface area contributed by atoms with Gasteiger partial charge >= 0.3 is 0 Å². The van der Waals surface area contributed by atoms with Gasteiger partial charge in [-0.2, -0.15) is 0 Å². The third-order valence-corrected chi connectivity index (χ3v) is 4.58. The van der Waals surface area contributed by atoms with Crippen LogP contribution in [0.2, 0.25) is 0 Å². The van der Waals surface area contributed by atoms with E-state index in [1.807, 2.05) is 39.0 Å². The topological polar surface area (TPSA) is 66.5 Å². The van der Waals surface area contributed by atoms with Crippen molar-refractivity contribution in [2.75, 3.05) is 24.7 Å². The Hall–Kier alpha value is -1.40. The number of carbonyl (C=O) groups is 1. The lowest BCUT2D eigenvalue weighted by Gasteiger charge is -2.19. The number of amides is 1. The molecule has 0 aromatic heterocycles. The van der Waals surface area contributed by atoms with Crippen LogP contribution in [0.15, 0.2) is 18.2 Å². The van der Waals surface area contributed by atoms with Crippen molar-refractivity contribution in [2.45, 2.75) is 33.6 Å². The monoisotopic (exact) mass is 312 g/mol. The standard InChI is InChI=1S/C15H24N2O3S/c1-5-10-17(21(4,19)20)11-9-14(18)16-15-12(2)7-6-8-13(15)3/h6-8H,5,9-11H2,1-4H3,(H,16,18). The zero-order valence-electron chi connectivity index (χ0n) is 13.1. The zero-order chi connectivity index (χ0) is 16.0. The second-order valence-corrected chi connectivity index (χ2v) is 7.21. The fourth-order valence-electron chi connectivity index (χ4n) is 2.13. The molecule has 118 valence electrons. The van der Waals surface area contributed by atoms with E-state index in [0.29, 0.717) is 6.54 Å². The van der Waals surface area contributed by atoms with Gasteiger partial charge in [-0.1, -0.05) is 25.1 Å². The zero-order valence-corrected chi connectivity index (χ0v) is 14.0. The predicted octanol–water partition coefficient (Wildman–Crippen LogP) is 2.30. The summed E-state index contributed by atoms with van der Waals surface area (Å²) in [7, 11) is -3.26. The minimum Gasteiger partial charge on any atom is -0.326 e. The fraction of sp³-hybridized carbons (Fsp3) is 0.533. The maximum absolute atomic E-state index is 12.0. The van der Waals surface area contributed by atoms with E-state index in [9.17, 15) is 13.2 Å². The summed E-state index contributed by atoms with van der Waals surface area (Å²) >= 11 is 0. The normalized spacial score (nSPS) is 11.7. The largest absolute Gasteiger partial charge is 0.326 e. The van der Waals surface area contributed by atoms with Gasteiger partial charge in [-0.05, 0) is 31.4 Å². The van der Waals surface area contributed by atoms with Crippen LogP contribution in [0.3, 0.4) is 0 Å². The molecule has 0 aliphatic carbocycles. The van der Waals surface area contributed by atoms with E-state index in [1.54, 1.807) is 0 Å². The highest BCUT2D eigenvalue weighted by molar-refractivity contribution is 7.88. The second-order valence-electron chi connectivity index (χ2n) is 5.23. The maximum Gasteiger partial charge on any atom is 0.225 e. The lowest BCUT2D eigenvalue weighted by molar-refractivity contribution is -0.116. The van der Waals surface area contributed by atoms with E-state index in [2.05, 4.69) is 5.32 Å². The number of rotatable bonds is 7. The number of nitrogens with zero attached hydrogens (tertiary/aromatic N) is 1. The Kier molecular flexibility index (Phi) is 6.36. The molecule has 1 N–H and O–H groups in total. The summed E-state index contributed by atoms with van der Waals surface area (Å²) in [5.41, 5.74) is 2.80. The molecule has 0 unspecified atom stereocenters. The van der Waals surface area contributed by atoms with E-state index in [1.165, 1.54) is 10.6 Å². The van der Waals surface area contributed by atoms with Gasteiger partial charge in [0.25, 0.3) is 0 Å². The first-order valence-corrected chi connectivity index (χ1v) is 8.91. The quantitative estimate of drug-likeness (QED) is 0.840. The van der Waals surface area contributed by atoms with E-state index in [4.69, 9.17) is 0 Å². The first-order valence-electron chi connectivity index (χ1n) is 7.07. The van der Waals surface area contributed by atoms with Crippen LogP contribution >= 0.6 is 0 Å². The number of benzene rings is 1. The minimum atomic E-state index is -3.26. The molecule has 0 fully saturated rings. The SMILES string of the molecule is CCCN(CCC(=O)Nc1c(C)cccc1C)S(C)(=O)=O. The van der Waals surface area contributed by atoms with Gasteiger partial charge in [0.05, 0.1) is 6.26 Å². The summed E-state index contributed by atoms with van der Waals surface area (Å²) in [4.78, 5) is 12.0. The van der Waals surface area contributed by atoms with Gasteiger partial charge < -0.3 is 5.32 Å². The van der Waals surface area contributed by atoms with Gasteiger partial charge in [0.15, 0.2) is 0 Å². The van der Waals surface area contributed by atoms with Crippen molar-refractivity contribution in [3.05, 3.63) is 29.3 Å². The Morgan fingerprint density at radius 3 is 2.24 bits per heavy atom. The van der Waals surface area contributed by atoms with E-state index in [0.717, 1.165) is 23.2 Å². The molecule has 0 bridgehead atoms. The highest BCUT2D eigenvalue weighted by atomic mass is 32.2. The van der Waals surface area contributed by atoms with Crippen molar-refractivity contribution >= 4 is 21.6 Å². The molecule has 5 nitrogen and oxygen atoms in total. The summed E-state index contributed by atoms with van der Waals surface area (Å²) in [6, 6.07) is 5.80. The van der Waals surface area contributed by atoms with Gasteiger partial charge in [-0.25, -0.2) is 12.7 Å². The van der Waals surface area contributed by atoms with Crippen LogP contribution in [0.1, 0.15) is 30.9 Å². The van der Waals surface area contributed by atoms with E-state index >= 15 is 0 Å². The molecule has 1 amide bonds. The van der Waals surface area contributed by atoms with Crippen LogP contribution in [-0.4, -0.2) is 38.0 Å². The summed E-state index contributed by atoms with van der Waals surface area (Å²) in [6.07, 6.45) is 2.05. The number of anilines is 1. The Bertz CT molecular complexity index is 577. The molecule has 0 atom stereocenters. The van der Waals surface area contributed by atoms with Crippen molar-refractivity contribution in [2.24, 2.45) is 0 Å². The summed E-state index contributed by atoms with van der Waals surface area (Å²) in [5.74, 6) is -0.169. The minimum absolute atomic E-state index is 0.154. The molecule has 0 aliphatic rings. The molecular formula is C15H24N2O3S. The third-order valence-electron chi connectivity index (χ3n) is 3.28. The van der Waals surface area contributed by atoms with Crippen LogP contribution in [0.4, 0.5) is 5.69 Å². The average molecular weight is 312 g/mol. The summed E-state index contributed by atoms with van der Waals surface area (Å²) in [6.45, 7) is 6.43. The predicted molar refractivity (Wildman–Crippen MR) is 85.9 cm³/mol. The molecule has 1 rings (SSSR count). The molecule has 6 heteroatoms. The van der Waals surface area contributed by atoms with E-state index in [-0.39, 0.29) is 18.9 Å². The van der Waals surface area contributed by atoms with Gasteiger partial charge in [0, 0.05) is 25.2 Å². The molecule has 0 heterocycles. The van der Waals surface area contributed by atoms with Crippen LogP contribution in [-0.2, 0) is 14.8 Å². The van der Waals surface area contributed by atoms with Gasteiger partial charge in [0.2, 0.25) is 15.9 Å². The van der Waals surface area contributed by atoms with Gasteiger partial charge in [-0.15, -0.1) is 0 Å². The average Bonchev–Trinajstić information content (AvgIpc) is 2.37. The molecule has 1 aromatic rings. The van der Waals surface area contributed by atoms with E-state index < -0.39 is 10.0 Å². The first-order chi connectivity index (χ1) is 9.75. The molecule has 0 aliphatic heterocycles. The Morgan fingerprint density at radius 1 is 1.19 bits per heavy atom. The van der Waals surface area contributed by atoms with Crippen molar-refractivity contribution in [3.63, 3.8) is 0 Å². The number of hydrogen-bond donors (Lipinski definition) is 1. The molecule has 0 radical (unpaired) electrons. The third kappa shape index (κ3) is 5.47. The fourth-order valence-corrected chi connectivity index (χ4v) is 3.07. The Morgan fingerprint density at radius 2 is 1.76 bits per heavy atom. The van der Waals surface area contributed by atoms with Crippen LogP contribution in [0.25, 0.3) is 0 Å². The number of nitrogens with one attached hydrogen (secondary N) is 1. The van der Waals surface area contributed by atoms with Crippen molar-refractivity contribution < 1.29 is 13.2 Å². The molecule has 0 saturated carbocycles. The highest BCUT2D eigenvalue weighted by Crippen LogP contribution is 2.19. The summed E-state index contributed by atoms with van der Waals surface area (Å²) in [5, 5.41) is 2.87. The smallest absolute Gasteiger partial charge is 0.225 e. The second kappa shape index (κ2) is 7.56. The van der Waals surface area contributed by atoms with Crippen LogP contribution < -0.4 is 5.32 Å². The lowest BCUT2D eigenvalue weighted by Crippen LogP contribution is -2.33. The molecule has 0 spiro atoms. The van der Waals surface area contributed by atoms with Gasteiger partial charge in [-0.3, -0.25) is 4.79 Å². The van der Waals surface area contributed by atoms with Crippen molar-refractivity contribution in [1.82, 2.24) is 4.31 Å². The maximum atomic E-state index is 12.0. The molecule has 0 saturated heterocycles. The van der Waals surface area contributed by atoms with Crippen molar-refractivity contribution in [3.8, 4) is 0 Å². The number of aryl methyl sites for hydroxylation is 2.